The first-order valence-electron chi connectivity index (χ1n) is 12.7. The molecule has 2 aromatic carbocycles. The van der Waals surface area contributed by atoms with Gasteiger partial charge < -0.3 is 0 Å². The number of benzene rings is 2. The maximum atomic E-state index is 4.82. The number of fused-ring (bicyclic) bond motifs is 3. The molecule has 6 heteroatoms. The second-order valence-corrected chi connectivity index (χ2v) is 10.4. The van der Waals surface area contributed by atoms with Crippen molar-refractivity contribution in [2.75, 3.05) is 0 Å². The number of allylic oxidation sites excluding steroid dienone is 1. The van der Waals surface area contributed by atoms with Crippen molar-refractivity contribution in [3.05, 3.63) is 107 Å². The highest BCUT2D eigenvalue weighted by Crippen LogP contribution is 2.42. The zero-order valence-electron chi connectivity index (χ0n) is 20.8. The van der Waals surface area contributed by atoms with Crippen molar-refractivity contribution in [1.29, 1.82) is 0 Å². The smallest absolute Gasteiger partial charge is 0.182 e. The minimum atomic E-state index is 0.528. The van der Waals surface area contributed by atoms with Crippen LogP contribution in [0.15, 0.2) is 91.3 Å². The van der Waals surface area contributed by atoms with Gasteiger partial charge in [-0.2, -0.15) is 0 Å². The summed E-state index contributed by atoms with van der Waals surface area (Å²) in [7, 11) is 0. The van der Waals surface area contributed by atoms with Gasteiger partial charge in [-0.25, -0.2) is 15.0 Å². The van der Waals surface area contributed by atoms with Crippen LogP contribution in [0.25, 0.3) is 61.7 Å². The van der Waals surface area contributed by atoms with Crippen molar-refractivity contribution < 1.29 is 0 Å². The molecule has 38 heavy (non-hydrogen) atoms. The van der Waals surface area contributed by atoms with Gasteiger partial charge in [0.2, 0.25) is 0 Å². The molecule has 182 valence electrons. The molecular weight excluding hydrogens is 486 g/mol. The summed E-state index contributed by atoms with van der Waals surface area (Å²) >= 11 is 1.90. The first-order valence-corrected chi connectivity index (χ1v) is 13.5. The Hall–Kier alpha value is -4.55. The van der Waals surface area contributed by atoms with Crippen molar-refractivity contribution in [3.8, 4) is 45.6 Å². The van der Waals surface area contributed by atoms with E-state index in [2.05, 4.69) is 65.4 Å². The molecule has 5 nitrogen and oxygen atoms in total. The van der Waals surface area contributed by atoms with Crippen LogP contribution in [0.3, 0.4) is 0 Å². The van der Waals surface area contributed by atoms with Crippen LogP contribution in [0.4, 0.5) is 0 Å². The molecule has 1 aliphatic rings. The number of pyridine rings is 2. The third-order valence-electron chi connectivity index (χ3n) is 6.88. The lowest BCUT2D eigenvalue weighted by Crippen LogP contribution is -2.02. The van der Waals surface area contributed by atoms with E-state index in [9.17, 15) is 0 Å². The van der Waals surface area contributed by atoms with Crippen LogP contribution < -0.4 is 0 Å². The average molecular weight is 510 g/mol. The fourth-order valence-electron chi connectivity index (χ4n) is 5.04. The highest BCUT2D eigenvalue weighted by molar-refractivity contribution is 7.20. The normalized spacial score (nSPS) is 12.6. The zero-order valence-corrected chi connectivity index (χ0v) is 21.6. The Morgan fingerprint density at radius 3 is 2.13 bits per heavy atom. The average Bonchev–Trinajstić information content (AvgIpc) is 3.37. The first-order chi connectivity index (χ1) is 18.7. The van der Waals surface area contributed by atoms with E-state index in [1.165, 1.54) is 37.2 Å². The fraction of sp³-hybridized carbons (Fsp3) is 0.0938. The Morgan fingerprint density at radius 1 is 0.711 bits per heavy atom. The van der Waals surface area contributed by atoms with Crippen LogP contribution in [0.2, 0.25) is 0 Å². The lowest BCUT2D eigenvalue weighted by molar-refractivity contribution is 1.01. The van der Waals surface area contributed by atoms with Crippen LogP contribution in [0, 0.1) is 6.92 Å². The summed E-state index contributed by atoms with van der Waals surface area (Å²) in [6, 6.07) is 24.6. The lowest BCUT2D eigenvalue weighted by Gasteiger charge is -2.11. The van der Waals surface area contributed by atoms with E-state index in [1.54, 1.807) is 12.4 Å². The molecule has 0 unspecified atom stereocenters. The third-order valence-corrected chi connectivity index (χ3v) is 8.12. The van der Waals surface area contributed by atoms with Crippen molar-refractivity contribution >= 4 is 27.5 Å². The highest BCUT2D eigenvalue weighted by Gasteiger charge is 2.18. The molecule has 0 radical (unpaired) electrons. The zero-order chi connectivity index (χ0) is 25.5. The number of hydrogen-bond donors (Lipinski definition) is 0. The summed E-state index contributed by atoms with van der Waals surface area (Å²) in [6.45, 7) is 2.16. The van der Waals surface area contributed by atoms with E-state index < -0.39 is 0 Å². The highest BCUT2D eigenvalue weighted by atomic mass is 32.1. The number of nitrogens with zero attached hydrogens (tertiary/aromatic N) is 5. The SMILES string of the molecule is Cc1cc(-c2nc(-c3ccccn3)nc(-c3ccccn3)n2)ccc1-c1cccc2c3c(sc12)C=CCC3. The Balaban J connectivity index is 1.35. The molecule has 0 N–H and O–H groups in total. The summed E-state index contributed by atoms with van der Waals surface area (Å²) in [4.78, 5) is 24.7. The van der Waals surface area contributed by atoms with Crippen LogP contribution in [0.1, 0.15) is 22.4 Å². The summed E-state index contributed by atoms with van der Waals surface area (Å²) in [5, 5.41) is 1.38. The Bertz CT molecular complexity index is 1770. The second-order valence-electron chi connectivity index (χ2n) is 9.33. The Labute approximate surface area is 224 Å². The minimum Gasteiger partial charge on any atom is -0.253 e. The van der Waals surface area contributed by atoms with E-state index >= 15 is 0 Å². The Morgan fingerprint density at radius 2 is 1.45 bits per heavy atom. The fourth-order valence-corrected chi connectivity index (χ4v) is 6.35. The molecule has 0 aliphatic heterocycles. The van der Waals surface area contributed by atoms with Gasteiger partial charge in [-0.1, -0.05) is 48.5 Å². The van der Waals surface area contributed by atoms with Crippen LogP contribution in [-0.4, -0.2) is 24.9 Å². The predicted molar refractivity (Wildman–Crippen MR) is 155 cm³/mol. The van der Waals surface area contributed by atoms with Crippen molar-refractivity contribution in [2.45, 2.75) is 19.8 Å². The van der Waals surface area contributed by atoms with Gasteiger partial charge in [0.1, 0.15) is 11.4 Å². The molecule has 7 rings (SSSR count). The van der Waals surface area contributed by atoms with Gasteiger partial charge in [0, 0.05) is 27.5 Å². The molecule has 0 bridgehead atoms. The molecule has 6 aromatic rings. The summed E-state index contributed by atoms with van der Waals surface area (Å²) in [5.74, 6) is 1.66. The van der Waals surface area contributed by atoms with E-state index in [1.807, 2.05) is 47.7 Å². The van der Waals surface area contributed by atoms with E-state index in [0.717, 1.165) is 18.4 Å². The number of thiophene rings is 1. The summed E-state index contributed by atoms with van der Waals surface area (Å²) < 4.78 is 1.36. The first kappa shape index (κ1) is 22.6. The molecule has 4 aromatic heterocycles. The molecule has 4 heterocycles. The van der Waals surface area contributed by atoms with Gasteiger partial charge in [-0.3, -0.25) is 9.97 Å². The topological polar surface area (TPSA) is 64.5 Å². The number of hydrogen-bond acceptors (Lipinski definition) is 6. The predicted octanol–water partition coefficient (Wildman–Crippen LogP) is 7.81. The van der Waals surface area contributed by atoms with Crippen molar-refractivity contribution in [3.63, 3.8) is 0 Å². The number of aromatic nitrogens is 5. The molecule has 0 fully saturated rings. The lowest BCUT2D eigenvalue weighted by atomic mass is 9.95. The third kappa shape index (κ3) is 3.99. The molecule has 0 saturated heterocycles. The molecule has 0 amide bonds. The number of rotatable bonds is 4. The van der Waals surface area contributed by atoms with Gasteiger partial charge >= 0.3 is 0 Å². The molecule has 1 aliphatic carbocycles. The minimum absolute atomic E-state index is 0.528. The van der Waals surface area contributed by atoms with Crippen LogP contribution in [-0.2, 0) is 6.42 Å². The standard InChI is InChI=1S/C32H23N5S/c1-20-19-21(15-16-22(20)24-10-8-11-25-23-9-2-3-14-28(23)38-29(24)25)30-35-31(26-12-4-6-17-33-26)37-32(36-30)27-13-5-7-18-34-27/h3-8,10-19H,2,9H2,1H3. The summed E-state index contributed by atoms with van der Waals surface area (Å²) in [6.07, 6.45) is 10.3. The quantitative estimate of drug-likeness (QED) is 0.242. The van der Waals surface area contributed by atoms with E-state index in [0.29, 0.717) is 28.9 Å². The maximum absolute atomic E-state index is 4.82. The van der Waals surface area contributed by atoms with Gasteiger partial charge in [-0.05, 0) is 83.8 Å². The second kappa shape index (κ2) is 9.39. The van der Waals surface area contributed by atoms with Gasteiger partial charge in [0.25, 0.3) is 0 Å². The van der Waals surface area contributed by atoms with E-state index in [4.69, 9.17) is 15.0 Å². The van der Waals surface area contributed by atoms with Crippen molar-refractivity contribution in [1.82, 2.24) is 24.9 Å². The molecule has 0 saturated carbocycles. The van der Waals surface area contributed by atoms with Gasteiger partial charge in [0.15, 0.2) is 17.5 Å². The molecule has 0 spiro atoms. The molecular formula is C32H23N5S. The maximum Gasteiger partial charge on any atom is 0.182 e. The van der Waals surface area contributed by atoms with Gasteiger partial charge in [0.05, 0.1) is 0 Å². The van der Waals surface area contributed by atoms with Gasteiger partial charge in [-0.15, -0.1) is 11.3 Å². The monoisotopic (exact) mass is 509 g/mol. The van der Waals surface area contributed by atoms with Crippen LogP contribution in [0.5, 0.6) is 0 Å². The Kier molecular flexibility index (Phi) is 5.60. The van der Waals surface area contributed by atoms with Crippen molar-refractivity contribution in [2.24, 2.45) is 0 Å². The van der Waals surface area contributed by atoms with Crippen LogP contribution >= 0.6 is 11.3 Å². The largest absolute Gasteiger partial charge is 0.253 e. The molecule has 0 atom stereocenters. The summed E-state index contributed by atoms with van der Waals surface area (Å²) in [5.41, 5.74) is 7.50. The van der Waals surface area contributed by atoms with E-state index in [-0.39, 0.29) is 0 Å². The number of aryl methyl sites for hydroxylation is 2.